The van der Waals surface area contributed by atoms with E-state index in [1.165, 1.54) is 6.26 Å². The van der Waals surface area contributed by atoms with E-state index < -0.39 is 14.6 Å². The second kappa shape index (κ2) is 5.23. The fourth-order valence-electron chi connectivity index (χ4n) is 1.71. The first-order valence-electron chi connectivity index (χ1n) is 5.73. The van der Waals surface area contributed by atoms with Gasteiger partial charge < -0.3 is 9.73 Å². The molecule has 4 nitrogen and oxygen atoms in total. The van der Waals surface area contributed by atoms with Crippen LogP contribution in [-0.2, 0) is 16.3 Å². The summed E-state index contributed by atoms with van der Waals surface area (Å²) in [4.78, 5) is 0. The maximum Gasteiger partial charge on any atom is 0.154 e. The number of sulfone groups is 1. The second-order valence-electron chi connectivity index (χ2n) is 4.82. The molecule has 0 saturated carbocycles. The molecule has 1 unspecified atom stereocenters. The minimum Gasteiger partial charge on any atom is -0.472 e. The Morgan fingerprint density at radius 1 is 1.47 bits per heavy atom. The highest BCUT2D eigenvalue weighted by atomic mass is 32.2. The van der Waals surface area contributed by atoms with Gasteiger partial charge in [-0.25, -0.2) is 8.42 Å². The molecule has 1 aromatic rings. The van der Waals surface area contributed by atoms with Gasteiger partial charge in [0.05, 0.1) is 17.3 Å². The van der Waals surface area contributed by atoms with Gasteiger partial charge in [-0.1, -0.05) is 6.92 Å². The molecular formula is C12H21NO3S. The molecule has 17 heavy (non-hydrogen) atoms. The zero-order chi connectivity index (χ0) is 13.1. The summed E-state index contributed by atoms with van der Waals surface area (Å²) >= 11 is 0. The molecule has 1 aromatic heterocycles. The van der Waals surface area contributed by atoms with E-state index in [1.807, 2.05) is 13.0 Å². The van der Waals surface area contributed by atoms with Gasteiger partial charge in [-0.15, -0.1) is 0 Å². The molecule has 0 radical (unpaired) electrons. The highest BCUT2D eigenvalue weighted by Gasteiger charge is 2.38. The summed E-state index contributed by atoms with van der Waals surface area (Å²) in [6, 6.07) is 1.74. The third kappa shape index (κ3) is 3.33. The minimum atomic E-state index is -3.12. The van der Waals surface area contributed by atoms with Crippen molar-refractivity contribution in [2.75, 3.05) is 12.8 Å². The first-order valence-corrected chi connectivity index (χ1v) is 7.62. The fourth-order valence-corrected chi connectivity index (χ4v) is 2.40. The smallest absolute Gasteiger partial charge is 0.154 e. The number of hydrogen-bond acceptors (Lipinski definition) is 4. The Morgan fingerprint density at radius 3 is 2.53 bits per heavy atom. The second-order valence-corrected chi connectivity index (χ2v) is 7.42. The summed E-state index contributed by atoms with van der Waals surface area (Å²) in [7, 11) is -3.12. The molecule has 1 heterocycles. The van der Waals surface area contributed by atoms with Crippen molar-refractivity contribution < 1.29 is 12.8 Å². The van der Waals surface area contributed by atoms with Crippen LogP contribution in [0.5, 0.6) is 0 Å². The van der Waals surface area contributed by atoms with Crippen LogP contribution < -0.4 is 5.32 Å². The van der Waals surface area contributed by atoms with Crippen LogP contribution in [0.15, 0.2) is 23.0 Å². The zero-order valence-electron chi connectivity index (χ0n) is 10.9. The van der Waals surface area contributed by atoms with Gasteiger partial charge in [0, 0.05) is 12.3 Å². The van der Waals surface area contributed by atoms with E-state index in [2.05, 4.69) is 5.32 Å². The predicted octanol–water partition coefficient (Wildman–Crippen LogP) is 1.62. The summed E-state index contributed by atoms with van der Waals surface area (Å²) in [5, 5.41) is 3.25. The maximum atomic E-state index is 11.8. The largest absolute Gasteiger partial charge is 0.472 e. The lowest BCUT2D eigenvalue weighted by molar-refractivity contribution is 0.412. The molecule has 1 rings (SSSR count). The van der Waals surface area contributed by atoms with Crippen molar-refractivity contribution in [1.29, 1.82) is 0 Å². The van der Waals surface area contributed by atoms with Crippen LogP contribution >= 0.6 is 0 Å². The molecule has 0 fully saturated rings. The van der Waals surface area contributed by atoms with Crippen LogP contribution in [0.4, 0.5) is 0 Å². The molecule has 0 bridgehead atoms. The molecule has 0 saturated heterocycles. The average Bonchev–Trinajstić information content (AvgIpc) is 2.68. The van der Waals surface area contributed by atoms with Crippen LogP contribution in [0.25, 0.3) is 0 Å². The first kappa shape index (κ1) is 14.3. The summed E-state index contributed by atoms with van der Waals surface area (Å²) < 4.78 is 27.9. The summed E-state index contributed by atoms with van der Waals surface area (Å²) in [5.74, 6) is 0. The average molecular weight is 259 g/mol. The van der Waals surface area contributed by atoms with Crippen molar-refractivity contribution in [3.05, 3.63) is 24.2 Å². The molecule has 0 amide bonds. The lowest BCUT2D eigenvalue weighted by Gasteiger charge is -2.33. The van der Waals surface area contributed by atoms with Crippen LogP contribution in [0, 0.1) is 0 Å². The minimum absolute atomic E-state index is 0.125. The van der Waals surface area contributed by atoms with Crippen molar-refractivity contribution in [3.63, 3.8) is 0 Å². The standard InChI is InChI=1S/C12H21NO3S/c1-5-13-11(8-10-6-7-16-9-10)12(2,3)17(4,14)15/h6-7,9,11,13H,5,8H2,1-4H3. The lowest BCUT2D eigenvalue weighted by atomic mass is 9.97. The summed E-state index contributed by atoms with van der Waals surface area (Å²) in [6.07, 6.45) is 5.19. The molecule has 0 aromatic carbocycles. The van der Waals surface area contributed by atoms with Gasteiger partial charge in [-0.2, -0.15) is 0 Å². The summed E-state index contributed by atoms with van der Waals surface area (Å²) in [6.45, 7) is 6.23. The Morgan fingerprint density at radius 2 is 2.12 bits per heavy atom. The van der Waals surface area contributed by atoms with E-state index >= 15 is 0 Å². The van der Waals surface area contributed by atoms with Gasteiger partial charge in [-0.3, -0.25) is 0 Å². The Bertz CT molecular complexity index is 434. The van der Waals surface area contributed by atoms with Crippen LogP contribution in [0.3, 0.4) is 0 Å². The molecule has 0 aliphatic carbocycles. The first-order chi connectivity index (χ1) is 7.79. The van der Waals surface area contributed by atoms with E-state index in [0.717, 1.165) is 12.1 Å². The van der Waals surface area contributed by atoms with E-state index in [0.29, 0.717) is 6.42 Å². The van der Waals surface area contributed by atoms with E-state index in [4.69, 9.17) is 4.42 Å². The molecule has 0 aliphatic rings. The lowest BCUT2D eigenvalue weighted by Crippen LogP contribution is -2.52. The quantitative estimate of drug-likeness (QED) is 0.843. The zero-order valence-corrected chi connectivity index (χ0v) is 11.7. The topological polar surface area (TPSA) is 59.3 Å². The fraction of sp³-hybridized carbons (Fsp3) is 0.667. The highest BCUT2D eigenvalue weighted by Crippen LogP contribution is 2.23. The molecule has 98 valence electrons. The van der Waals surface area contributed by atoms with Crippen molar-refractivity contribution in [3.8, 4) is 0 Å². The van der Waals surface area contributed by atoms with Crippen LogP contribution in [0.1, 0.15) is 26.3 Å². The third-order valence-electron chi connectivity index (χ3n) is 3.27. The van der Waals surface area contributed by atoms with Gasteiger partial charge in [0.2, 0.25) is 0 Å². The van der Waals surface area contributed by atoms with Gasteiger partial charge >= 0.3 is 0 Å². The molecule has 0 aliphatic heterocycles. The van der Waals surface area contributed by atoms with Gasteiger partial charge in [0.25, 0.3) is 0 Å². The Hall–Kier alpha value is -0.810. The van der Waals surface area contributed by atoms with Crippen LogP contribution in [-0.4, -0.2) is 32.0 Å². The summed E-state index contributed by atoms with van der Waals surface area (Å²) in [5.41, 5.74) is 1.01. The van der Waals surface area contributed by atoms with E-state index in [9.17, 15) is 8.42 Å². The Labute approximate surface area is 103 Å². The molecule has 5 heteroatoms. The number of furan rings is 1. The van der Waals surface area contributed by atoms with Crippen molar-refractivity contribution in [1.82, 2.24) is 5.32 Å². The van der Waals surface area contributed by atoms with Gasteiger partial charge in [0.1, 0.15) is 0 Å². The SMILES string of the molecule is CCNC(Cc1ccoc1)C(C)(C)S(C)(=O)=O. The molecule has 1 atom stereocenters. The maximum absolute atomic E-state index is 11.8. The molecule has 0 spiro atoms. The number of likely N-dealkylation sites (N-methyl/N-ethyl adjacent to an activating group) is 1. The van der Waals surface area contributed by atoms with E-state index in [1.54, 1.807) is 26.4 Å². The van der Waals surface area contributed by atoms with Crippen molar-refractivity contribution in [2.45, 2.75) is 38.0 Å². The Kier molecular flexibility index (Phi) is 4.38. The third-order valence-corrected chi connectivity index (χ3v) is 5.46. The van der Waals surface area contributed by atoms with Crippen molar-refractivity contribution in [2.24, 2.45) is 0 Å². The normalized spacial score (nSPS) is 14.8. The van der Waals surface area contributed by atoms with Gasteiger partial charge in [0.15, 0.2) is 9.84 Å². The van der Waals surface area contributed by atoms with Gasteiger partial charge in [-0.05, 0) is 38.4 Å². The number of rotatable bonds is 6. The van der Waals surface area contributed by atoms with Crippen molar-refractivity contribution >= 4 is 9.84 Å². The molecular weight excluding hydrogens is 238 g/mol. The highest BCUT2D eigenvalue weighted by molar-refractivity contribution is 7.92. The van der Waals surface area contributed by atoms with E-state index in [-0.39, 0.29) is 6.04 Å². The number of hydrogen-bond donors (Lipinski definition) is 1. The number of nitrogens with one attached hydrogen (secondary N) is 1. The van der Waals surface area contributed by atoms with Crippen LogP contribution in [0.2, 0.25) is 0 Å². The Balaban J connectivity index is 2.93. The predicted molar refractivity (Wildman–Crippen MR) is 68.8 cm³/mol. The monoisotopic (exact) mass is 259 g/mol. The molecule has 1 N–H and O–H groups in total.